The summed E-state index contributed by atoms with van der Waals surface area (Å²) in [6.07, 6.45) is -0.957. The zero-order valence-corrected chi connectivity index (χ0v) is 11.6. The first kappa shape index (κ1) is 14.7. The summed E-state index contributed by atoms with van der Waals surface area (Å²) in [6.45, 7) is 4.36. The van der Waals surface area contributed by atoms with E-state index in [2.05, 4.69) is 9.88 Å². The van der Waals surface area contributed by atoms with Crippen molar-refractivity contribution in [2.24, 2.45) is 11.7 Å². The number of thiazole rings is 1. The molecular formula is C12H18F3N3S. The number of aromatic nitrogens is 1. The molecule has 1 aliphatic rings. The number of nitrogens with zero attached hydrogens (tertiary/aromatic N) is 2. The average molecular weight is 293 g/mol. The molecule has 0 aromatic carbocycles. The molecule has 0 bridgehead atoms. The normalized spacial score (nSPS) is 20.7. The molecule has 1 aromatic heterocycles. The molecule has 108 valence electrons. The zero-order chi connectivity index (χ0) is 14.0. The van der Waals surface area contributed by atoms with Crippen molar-refractivity contribution in [3.8, 4) is 0 Å². The molecular weight excluding hydrogens is 275 g/mol. The molecule has 19 heavy (non-hydrogen) atoms. The van der Waals surface area contributed by atoms with E-state index in [4.69, 9.17) is 5.73 Å². The maximum absolute atomic E-state index is 12.4. The monoisotopic (exact) mass is 293 g/mol. The molecule has 2 heterocycles. The van der Waals surface area contributed by atoms with Crippen LogP contribution in [0.1, 0.15) is 29.7 Å². The Kier molecular flexibility index (Phi) is 4.47. The number of likely N-dealkylation sites (tertiary alicyclic amines) is 1. The largest absolute Gasteiger partial charge is 0.443 e. The van der Waals surface area contributed by atoms with Crippen LogP contribution in [0, 0.1) is 5.92 Å². The summed E-state index contributed by atoms with van der Waals surface area (Å²) >= 11 is 0.738. The van der Waals surface area contributed by atoms with Crippen LogP contribution >= 0.6 is 11.3 Å². The van der Waals surface area contributed by atoms with Crippen molar-refractivity contribution in [1.29, 1.82) is 0 Å². The highest BCUT2D eigenvalue weighted by Gasteiger charge is 2.34. The fourth-order valence-electron chi connectivity index (χ4n) is 2.37. The van der Waals surface area contributed by atoms with Crippen molar-refractivity contribution in [2.45, 2.75) is 38.5 Å². The molecule has 1 atom stereocenters. The highest BCUT2D eigenvalue weighted by molar-refractivity contribution is 7.11. The van der Waals surface area contributed by atoms with Crippen LogP contribution in [0.2, 0.25) is 0 Å². The number of piperidine rings is 1. The Morgan fingerprint density at radius 1 is 1.47 bits per heavy atom. The number of nitrogens with two attached hydrogens (primary N) is 1. The Bertz CT molecular complexity index is 409. The van der Waals surface area contributed by atoms with Crippen molar-refractivity contribution in [1.82, 2.24) is 9.88 Å². The van der Waals surface area contributed by atoms with Gasteiger partial charge >= 0.3 is 6.18 Å². The summed E-state index contributed by atoms with van der Waals surface area (Å²) in [5.41, 5.74) is 5.86. The van der Waals surface area contributed by atoms with Gasteiger partial charge in [-0.3, -0.25) is 4.90 Å². The lowest BCUT2D eigenvalue weighted by molar-refractivity contribution is -0.137. The Labute approximate surface area is 114 Å². The van der Waals surface area contributed by atoms with Crippen LogP contribution in [0.4, 0.5) is 13.2 Å². The van der Waals surface area contributed by atoms with Gasteiger partial charge in [0.2, 0.25) is 0 Å². The van der Waals surface area contributed by atoms with Gasteiger partial charge in [-0.25, -0.2) is 4.98 Å². The van der Waals surface area contributed by atoms with Gasteiger partial charge in [0.05, 0.1) is 0 Å². The molecule has 1 saturated heterocycles. The first-order valence-corrected chi connectivity index (χ1v) is 7.17. The Morgan fingerprint density at radius 2 is 2.11 bits per heavy atom. The van der Waals surface area contributed by atoms with E-state index in [1.807, 2.05) is 6.92 Å². The van der Waals surface area contributed by atoms with Gasteiger partial charge in [-0.05, 0) is 38.8 Å². The lowest BCUT2D eigenvalue weighted by Crippen LogP contribution is -2.39. The van der Waals surface area contributed by atoms with Crippen LogP contribution < -0.4 is 5.73 Å². The van der Waals surface area contributed by atoms with Crippen molar-refractivity contribution in [3.63, 3.8) is 0 Å². The zero-order valence-electron chi connectivity index (χ0n) is 10.8. The van der Waals surface area contributed by atoms with Gasteiger partial charge in [-0.2, -0.15) is 13.2 Å². The molecule has 2 rings (SSSR count). The smallest absolute Gasteiger partial charge is 0.328 e. The minimum absolute atomic E-state index is 0.197. The quantitative estimate of drug-likeness (QED) is 0.931. The fraction of sp³-hybridized carbons (Fsp3) is 0.750. The molecule has 0 radical (unpaired) electrons. The molecule has 0 aliphatic carbocycles. The van der Waals surface area contributed by atoms with Crippen LogP contribution in [0.3, 0.4) is 0 Å². The van der Waals surface area contributed by atoms with E-state index in [9.17, 15) is 13.2 Å². The molecule has 1 aliphatic heterocycles. The maximum atomic E-state index is 12.4. The second kappa shape index (κ2) is 5.76. The third kappa shape index (κ3) is 3.90. The lowest BCUT2D eigenvalue weighted by Gasteiger charge is -2.33. The fourth-order valence-corrected chi connectivity index (χ4v) is 3.19. The van der Waals surface area contributed by atoms with Gasteiger partial charge in [0, 0.05) is 23.7 Å². The minimum Gasteiger partial charge on any atom is -0.328 e. The van der Waals surface area contributed by atoms with E-state index in [0.29, 0.717) is 17.3 Å². The second-order valence-electron chi connectivity index (χ2n) is 5.10. The van der Waals surface area contributed by atoms with Crippen molar-refractivity contribution >= 4 is 11.3 Å². The molecule has 1 fully saturated rings. The SMILES string of the molecule is CC(N)C1CCN(Cc2cnc(C(F)(F)F)s2)CC1. The second-order valence-corrected chi connectivity index (χ2v) is 6.22. The van der Waals surface area contributed by atoms with Crippen LogP contribution in [-0.2, 0) is 12.7 Å². The van der Waals surface area contributed by atoms with Crippen molar-refractivity contribution < 1.29 is 13.2 Å². The molecule has 0 spiro atoms. The van der Waals surface area contributed by atoms with Gasteiger partial charge in [0.15, 0.2) is 5.01 Å². The first-order chi connectivity index (χ1) is 8.86. The van der Waals surface area contributed by atoms with Crippen molar-refractivity contribution in [3.05, 3.63) is 16.1 Å². The Morgan fingerprint density at radius 3 is 2.58 bits per heavy atom. The van der Waals surface area contributed by atoms with E-state index < -0.39 is 11.2 Å². The molecule has 7 heteroatoms. The molecule has 0 amide bonds. The number of rotatable bonds is 3. The lowest BCUT2D eigenvalue weighted by atomic mass is 9.91. The molecule has 2 N–H and O–H groups in total. The molecule has 1 unspecified atom stereocenters. The van der Waals surface area contributed by atoms with Gasteiger partial charge < -0.3 is 5.73 Å². The maximum Gasteiger partial charge on any atom is 0.443 e. The number of hydrogen-bond donors (Lipinski definition) is 1. The molecule has 0 saturated carbocycles. The standard InChI is InChI=1S/C12H18F3N3S/c1-8(16)9-2-4-18(5-3-9)7-10-6-17-11(19-10)12(13,14)15/h6,8-9H,2-5,7,16H2,1H3. The summed E-state index contributed by atoms with van der Waals surface area (Å²) in [4.78, 5) is 6.29. The minimum atomic E-state index is -4.33. The number of alkyl halides is 3. The van der Waals surface area contributed by atoms with E-state index in [1.165, 1.54) is 6.20 Å². The van der Waals surface area contributed by atoms with E-state index in [0.717, 1.165) is 37.3 Å². The number of halogens is 3. The van der Waals surface area contributed by atoms with Crippen LogP contribution in [-0.4, -0.2) is 29.0 Å². The van der Waals surface area contributed by atoms with Gasteiger partial charge in [-0.1, -0.05) is 0 Å². The van der Waals surface area contributed by atoms with Gasteiger partial charge in [0.1, 0.15) is 0 Å². The van der Waals surface area contributed by atoms with E-state index in [1.54, 1.807) is 0 Å². The van der Waals surface area contributed by atoms with Crippen LogP contribution in [0.25, 0.3) is 0 Å². The third-order valence-electron chi connectivity index (χ3n) is 3.55. The summed E-state index contributed by atoms with van der Waals surface area (Å²) in [7, 11) is 0. The summed E-state index contributed by atoms with van der Waals surface area (Å²) in [5, 5.41) is -0.757. The van der Waals surface area contributed by atoms with Crippen LogP contribution in [0.5, 0.6) is 0 Å². The van der Waals surface area contributed by atoms with Crippen LogP contribution in [0.15, 0.2) is 6.20 Å². The predicted octanol–water partition coefficient (Wildman–Crippen LogP) is 2.72. The number of hydrogen-bond acceptors (Lipinski definition) is 4. The van der Waals surface area contributed by atoms with E-state index >= 15 is 0 Å². The molecule has 3 nitrogen and oxygen atoms in total. The highest BCUT2D eigenvalue weighted by atomic mass is 32.1. The van der Waals surface area contributed by atoms with Gasteiger partial charge in [-0.15, -0.1) is 11.3 Å². The van der Waals surface area contributed by atoms with Crippen molar-refractivity contribution in [2.75, 3.05) is 13.1 Å². The molecule has 1 aromatic rings. The van der Waals surface area contributed by atoms with E-state index in [-0.39, 0.29) is 6.04 Å². The summed E-state index contributed by atoms with van der Waals surface area (Å²) in [5.74, 6) is 0.531. The topological polar surface area (TPSA) is 42.1 Å². The summed E-state index contributed by atoms with van der Waals surface area (Å²) < 4.78 is 37.3. The Balaban J connectivity index is 1.87. The van der Waals surface area contributed by atoms with Gasteiger partial charge in [0.25, 0.3) is 0 Å². The summed E-state index contributed by atoms with van der Waals surface area (Å²) in [6, 6.07) is 0.197. The predicted molar refractivity (Wildman–Crippen MR) is 68.8 cm³/mol. The average Bonchev–Trinajstić information content (AvgIpc) is 2.78. The highest BCUT2D eigenvalue weighted by Crippen LogP contribution is 2.33. The Hall–Kier alpha value is -0.660. The first-order valence-electron chi connectivity index (χ1n) is 6.36. The third-order valence-corrected chi connectivity index (χ3v) is 4.58.